The fourth-order valence-corrected chi connectivity index (χ4v) is 1.44. The molecule has 17 heavy (non-hydrogen) atoms. The molecule has 0 atom stereocenters. The van der Waals surface area contributed by atoms with Crippen molar-refractivity contribution in [2.24, 2.45) is 5.92 Å². The van der Waals surface area contributed by atoms with Gasteiger partial charge in [-0.05, 0) is 5.92 Å². The van der Waals surface area contributed by atoms with Gasteiger partial charge in [-0.2, -0.15) is 0 Å². The van der Waals surface area contributed by atoms with Gasteiger partial charge in [-0.25, -0.2) is 4.98 Å². The van der Waals surface area contributed by atoms with Crippen molar-refractivity contribution < 1.29 is 4.74 Å². The smallest absolute Gasteiger partial charge is 0.203 e. The zero-order valence-corrected chi connectivity index (χ0v) is 10.1. The highest BCUT2D eigenvalue weighted by atomic mass is 16.5. The Balaban J connectivity index is 1.84. The number of nitrogens with zero attached hydrogens (tertiary/aromatic N) is 4. The van der Waals surface area contributed by atoms with Crippen molar-refractivity contribution in [3.63, 3.8) is 0 Å². The van der Waals surface area contributed by atoms with Gasteiger partial charge in [-0.3, -0.25) is 4.40 Å². The third kappa shape index (κ3) is 3.13. The molecule has 0 unspecified atom stereocenters. The Kier molecular flexibility index (Phi) is 3.87. The van der Waals surface area contributed by atoms with Crippen LogP contribution in [0, 0.1) is 5.92 Å². The van der Waals surface area contributed by atoms with Gasteiger partial charge in [0.05, 0.1) is 6.61 Å². The molecular formula is C11H17N5O. The first-order chi connectivity index (χ1) is 8.27. The van der Waals surface area contributed by atoms with Crippen LogP contribution >= 0.6 is 0 Å². The molecule has 2 heterocycles. The average Bonchev–Trinajstić information content (AvgIpc) is 2.77. The van der Waals surface area contributed by atoms with Gasteiger partial charge in [0.1, 0.15) is 6.33 Å². The Morgan fingerprint density at radius 3 is 3.18 bits per heavy atom. The van der Waals surface area contributed by atoms with Crippen molar-refractivity contribution in [3.8, 4) is 0 Å². The van der Waals surface area contributed by atoms with Gasteiger partial charge >= 0.3 is 0 Å². The van der Waals surface area contributed by atoms with Gasteiger partial charge in [0, 0.05) is 25.5 Å². The standard InChI is InChI=1S/C11H17N5O/c1-9(2)7-17-6-4-13-10-11-15-14-8-16(11)5-3-12-10/h3,5,8-9H,4,6-7H2,1-2H3,(H,12,13). The molecule has 2 rings (SSSR count). The Morgan fingerprint density at radius 2 is 2.35 bits per heavy atom. The summed E-state index contributed by atoms with van der Waals surface area (Å²) in [5.74, 6) is 1.30. The van der Waals surface area contributed by atoms with Crippen LogP contribution in [0.1, 0.15) is 13.8 Å². The van der Waals surface area contributed by atoms with Gasteiger partial charge in [0.15, 0.2) is 5.82 Å². The van der Waals surface area contributed by atoms with Crippen LogP contribution in [0.2, 0.25) is 0 Å². The maximum Gasteiger partial charge on any atom is 0.203 e. The molecule has 0 radical (unpaired) electrons. The largest absolute Gasteiger partial charge is 0.379 e. The Labute approximate surface area is 100 Å². The van der Waals surface area contributed by atoms with Crippen LogP contribution in [0.15, 0.2) is 18.7 Å². The first-order valence-electron chi connectivity index (χ1n) is 5.73. The summed E-state index contributed by atoms with van der Waals surface area (Å²) in [6.45, 7) is 6.42. The van der Waals surface area contributed by atoms with Crippen LogP contribution in [0.25, 0.3) is 5.65 Å². The summed E-state index contributed by atoms with van der Waals surface area (Å²) >= 11 is 0. The highest BCUT2D eigenvalue weighted by molar-refractivity contribution is 5.61. The molecule has 0 aliphatic rings. The minimum absolute atomic E-state index is 0.563. The van der Waals surface area contributed by atoms with E-state index in [9.17, 15) is 0 Å². The molecule has 0 spiro atoms. The van der Waals surface area contributed by atoms with E-state index < -0.39 is 0 Å². The summed E-state index contributed by atoms with van der Waals surface area (Å²) in [6.07, 6.45) is 5.18. The maximum atomic E-state index is 5.48. The molecule has 6 nitrogen and oxygen atoms in total. The predicted octanol–water partition coefficient (Wildman–Crippen LogP) is 1.21. The normalized spacial score (nSPS) is 11.2. The number of ether oxygens (including phenoxy) is 1. The quantitative estimate of drug-likeness (QED) is 0.762. The monoisotopic (exact) mass is 235 g/mol. The summed E-state index contributed by atoms with van der Waals surface area (Å²) in [6, 6.07) is 0. The first kappa shape index (κ1) is 11.8. The topological polar surface area (TPSA) is 64.3 Å². The molecule has 0 saturated heterocycles. The van der Waals surface area contributed by atoms with Gasteiger partial charge in [-0.15, -0.1) is 10.2 Å². The maximum absolute atomic E-state index is 5.48. The Bertz CT molecular complexity index is 468. The highest BCUT2D eigenvalue weighted by Crippen LogP contribution is 2.08. The minimum atomic E-state index is 0.563. The number of hydrogen-bond donors (Lipinski definition) is 1. The summed E-state index contributed by atoms with van der Waals surface area (Å²) in [7, 11) is 0. The number of rotatable bonds is 6. The van der Waals surface area contributed by atoms with E-state index >= 15 is 0 Å². The molecule has 0 aliphatic carbocycles. The van der Waals surface area contributed by atoms with E-state index in [1.807, 2.05) is 10.6 Å². The van der Waals surface area contributed by atoms with Gasteiger partial charge in [0.2, 0.25) is 5.65 Å². The lowest BCUT2D eigenvalue weighted by Gasteiger charge is -2.08. The second kappa shape index (κ2) is 5.58. The Morgan fingerprint density at radius 1 is 1.47 bits per heavy atom. The summed E-state index contributed by atoms with van der Waals surface area (Å²) < 4.78 is 7.30. The second-order valence-corrected chi connectivity index (χ2v) is 4.23. The number of fused-ring (bicyclic) bond motifs is 1. The zero-order chi connectivity index (χ0) is 12.1. The molecule has 0 bridgehead atoms. The van der Waals surface area contributed by atoms with Crippen LogP contribution in [0.5, 0.6) is 0 Å². The molecule has 0 saturated carbocycles. The minimum Gasteiger partial charge on any atom is -0.379 e. The van der Waals surface area contributed by atoms with Crippen LogP contribution in [0.3, 0.4) is 0 Å². The van der Waals surface area contributed by atoms with E-state index in [0.717, 1.165) is 18.1 Å². The predicted molar refractivity (Wildman–Crippen MR) is 64.9 cm³/mol. The lowest BCUT2D eigenvalue weighted by atomic mass is 10.2. The van der Waals surface area contributed by atoms with Crippen molar-refractivity contribution in [3.05, 3.63) is 18.7 Å². The van der Waals surface area contributed by atoms with Crippen molar-refractivity contribution in [1.29, 1.82) is 0 Å². The second-order valence-electron chi connectivity index (χ2n) is 4.23. The van der Waals surface area contributed by atoms with E-state index in [4.69, 9.17) is 4.74 Å². The molecule has 0 fully saturated rings. The van der Waals surface area contributed by atoms with E-state index in [-0.39, 0.29) is 0 Å². The molecule has 0 amide bonds. The van der Waals surface area contributed by atoms with Crippen LogP contribution < -0.4 is 5.32 Å². The van der Waals surface area contributed by atoms with Crippen molar-refractivity contribution in [2.75, 3.05) is 25.1 Å². The van der Waals surface area contributed by atoms with Gasteiger partial charge in [-0.1, -0.05) is 13.8 Å². The molecule has 92 valence electrons. The van der Waals surface area contributed by atoms with Crippen LogP contribution in [-0.4, -0.2) is 39.3 Å². The summed E-state index contributed by atoms with van der Waals surface area (Å²) in [5, 5.41) is 11.0. The molecular weight excluding hydrogens is 218 g/mol. The van der Waals surface area contributed by atoms with Crippen molar-refractivity contribution in [2.45, 2.75) is 13.8 Å². The number of hydrogen-bond acceptors (Lipinski definition) is 5. The van der Waals surface area contributed by atoms with Gasteiger partial charge < -0.3 is 10.1 Å². The average molecular weight is 235 g/mol. The highest BCUT2D eigenvalue weighted by Gasteiger charge is 2.03. The van der Waals surface area contributed by atoms with E-state index in [0.29, 0.717) is 19.1 Å². The molecule has 2 aromatic heterocycles. The van der Waals surface area contributed by atoms with Crippen LogP contribution in [0.4, 0.5) is 5.82 Å². The summed E-state index contributed by atoms with van der Waals surface area (Å²) in [5.41, 5.74) is 0.733. The van der Waals surface area contributed by atoms with Crippen molar-refractivity contribution >= 4 is 11.5 Å². The number of aromatic nitrogens is 4. The number of nitrogens with one attached hydrogen (secondary N) is 1. The Hall–Kier alpha value is -1.69. The van der Waals surface area contributed by atoms with E-state index in [1.54, 1.807) is 12.5 Å². The zero-order valence-electron chi connectivity index (χ0n) is 10.1. The van der Waals surface area contributed by atoms with E-state index in [1.165, 1.54) is 0 Å². The SMILES string of the molecule is CC(C)COCCNc1nccn2cnnc12. The van der Waals surface area contributed by atoms with E-state index in [2.05, 4.69) is 34.3 Å². The molecule has 0 aromatic carbocycles. The van der Waals surface area contributed by atoms with Crippen LogP contribution in [-0.2, 0) is 4.74 Å². The summed E-state index contributed by atoms with van der Waals surface area (Å²) in [4.78, 5) is 4.22. The third-order valence-electron chi connectivity index (χ3n) is 2.21. The van der Waals surface area contributed by atoms with Gasteiger partial charge in [0.25, 0.3) is 0 Å². The molecule has 0 aliphatic heterocycles. The number of anilines is 1. The first-order valence-corrected chi connectivity index (χ1v) is 5.73. The third-order valence-corrected chi connectivity index (χ3v) is 2.21. The molecule has 2 aromatic rings. The molecule has 6 heteroatoms. The fourth-order valence-electron chi connectivity index (χ4n) is 1.44. The fraction of sp³-hybridized carbons (Fsp3) is 0.545. The lowest BCUT2D eigenvalue weighted by molar-refractivity contribution is 0.118. The van der Waals surface area contributed by atoms with Crippen molar-refractivity contribution in [1.82, 2.24) is 19.6 Å². The lowest BCUT2D eigenvalue weighted by Crippen LogP contribution is -2.13. The molecule has 1 N–H and O–H groups in total.